The summed E-state index contributed by atoms with van der Waals surface area (Å²) in [6, 6.07) is 12.2. The summed E-state index contributed by atoms with van der Waals surface area (Å²) in [5.41, 5.74) is 3.89. The van der Waals surface area contributed by atoms with Crippen LogP contribution in [-0.4, -0.2) is 46.4 Å². The number of pyridine rings is 1. The molecule has 6 heteroatoms. The minimum absolute atomic E-state index is 0.0637. The van der Waals surface area contributed by atoms with E-state index < -0.39 is 0 Å². The zero-order chi connectivity index (χ0) is 21.3. The maximum atomic E-state index is 11.9. The van der Waals surface area contributed by atoms with Crippen molar-refractivity contribution in [1.82, 2.24) is 15.0 Å². The van der Waals surface area contributed by atoms with E-state index in [2.05, 4.69) is 47.8 Å². The van der Waals surface area contributed by atoms with Gasteiger partial charge in [0.1, 0.15) is 12.3 Å². The standard InChI is InChI=1S/C24H27N5O/c1-5-20-22(15-30)28(4)21-14-26-23(27-24(21)29(20)16(2)3)18-11-12-25-13-19(18)17-9-7-6-8-10-17/h6-16,20,22H,5H2,1-4H3. The van der Waals surface area contributed by atoms with Crippen molar-refractivity contribution in [3.8, 4) is 22.5 Å². The van der Waals surface area contributed by atoms with Gasteiger partial charge in [0, 0.05) is 36.6 Å². The summed E-state index contributed by atoms with van der Waals surface area (Å²) >= 11 is 0. The molecule has 0 saturated carbocycles. The molecule has 0 N–H and O–H groups in total. The number of aromatic nitrogens is 3. The quantitative estimate of drug-likeness (QED) is 0.597. The molecule has 0 radical (unpaired) electrons. The molecule has 2 unspecified atom stereocenters. The van der Waals surface area contributed by atoms with Gasteiger partial charge in [-0.25, -0.2) is 9.97 Å². The fourth-order valence-electron chi connectivity index (χ4n) is 4.36. The van der Waals surface area contributed by atoms with E-state index in [0.29, 0.717) is 5.82 Å². The average molecular weight is 402 g/mol. The number of rotatable bonds is 5. The van der Waals surface area contributed by atoms with E-state index in [1.807, 2.05) is 48.6 Å². The second-order valence-corrected chi connectivity index (χ2v) is 7.90. The maximum absolute atomic E-state index is 11.9. The third-order valence-electron chi connectivity index (χ3n) is 5.83. The smallest absolute Gasteiger partial charge is 0.162 e. The van der Waals surface area contributed by atoms with Crippen molar-refractivity contribution in [2.45, 2.75) is 45.3 Å². The largest absolute Gasteiger partial charge is 0.359 e. The second-order valence-electron chi connectivity index (χ2n) is 7.90. The molecule has 0 amide bonds. The minimum atomic E-state index is -0.222. The third kappa shape index (κ3) is 3.32. The molecule has 154 valence electrons. The zero-order valence-corrected chi connectivity index (χ0v) is 17.9. The Morgan fingerprint density at radius 1 is 1.10 bits per heavy atom. The van der Waals surface area contributed by atoms with Crippen molar-refractivity contribution in [2.24, 2.45) is 0 Å². The van der Waals surface area contributed by atoms with Crippen molar-refractivity contribution in [1.29, 1.82) is 0 Å². The first-order valence-corrected chi connectivity index (χ1v) is 10.4. The van der Waals surface area contributed by atoms with E-state index in [1.54, 1.807) is 6.20 Å². The first-order chi connectivity index (χ1) is 14.6. The molecule has 3 aromatic rings. The van der Waals surface area contributed by atoms with E-state index in [4.69, 9.17) is 4.98 Å². The van der Waals surface area contributed by atoms with Gasteiger partial charge in [-0.15, -0.1) is 0 Å². The monoisotopic (exact) mass is 401 g/mol. The van der Waals surface area contributed by atoms with E-state index in [1.165, 1.54) is 0 Å². The van der Waals surface area contributed by atoms with Crippen LogP contribution in [0.2, 0.25) is 0 Å². The predicted molar refractivity (Wildman–Crippen MR) is 121 cm³/mol. The van der Waals surface area contributed by atoms with Gasteiger partial charge < -0.3 is 14.6 Å². The number of carbonyl (C=O) groups excluding carboxylic acids is 1. The molecule has 1 aromatic carbocycles. The molecule has 2 atom stereocenters. The number of hydrogen-bond donors (Lipinski definition) is 0. The molecule has 0 aliphatic carbocycles. The minimum Gasteiger partial charge on any atom is -0.359 e. The van der Waals surface area contributed by atoms with Gasteiger partial charge in [-0.2, -0.15) is 0 Å². The summed E-state index contributed by atoms with van der Waals surface area (Å²) in [6.45, 7) is 6.40. The Hall–Kier alpha value is -3.28. The molecule has 30 heavy (non-hydrogen) atoms. The molecular weight excluding hydrogens is 374 g/mol. The molecule has 2 aromatic heterocycles. The SMILES string of the molecule is CCC1C(C=O)N(C)c2cnc(-c3ccncc3-c3ccccc3)nc2N1C(C)C. The number of likely N-dealkylation sites (N-methyl/N-ethyl adjacent to an activating group) is 1. The topological polar surface area (TPSA) is 62.2 Å². The summed E-state index contributed by atoms with van der Waals surface area (Å²) in [5.74, 6) is 1.53. The molecule has 0 fully saturated rings. The van der Waals surface area contributed by atoms with Crippen molar-refractivity contribution < 1.29 is 4.79 Å². The van der Waals surface area contributed by atoms with Gasteiger partial charge >= 0.3 is 0 Å². The normalized spacial score (nSPS) is 18.4. The van der Waals surface area contributed by atoms with Gasteiger partial charge in [0.15, 0.2) is 11.6 Å². The molecule has 3 heterocycles. The van der Waals surface area contributed by atoms with Crippen molar-refractivity contribution >= 4 is 17.8 Å². The highest BCUT2D eigenvalue weighted by atomic mass is 16.1. The number of carbonyl (C=O) groups is 1. The summed E-state index contributed by atoms with van der Waals surface area (Å²) in [7, 11) is 1.95. The van der Waals surface area contributed by atoms with Crippen LogP contribution in [0, 0.1) is 0 Å². The lowest BCUT2D eigenvalue weighted by Gasteiger charge is -2.47. The Morgan fingerprint density at radius 3 is 2.53 bits per heavy atom. The number of nitrogens with zero attached hydrogens (tertiary/aromatic N) is 5. The lowest BCUT2D eigenvalue weighted by Crippen LogP contribution is -2.58. The number of anilines is 2. The van der Waals surface area contributed by atoms with Crippen LogP contribution < -0.4 is 9.80 Å². The van der Waals surface area contributed by atoms with Crippen molar-refractivity contribution in [2.75, 3.05) is 16.8 Å². The molecule has 1 aliphatic rings. The van der Waals surface area contributed by atoms with Gasteiger partial charge in [-0.1, -0.05) is 37.3 Å². The van der Waals surface area contributed by atoms with E-state index in [0.717, 1.165) is 40.9 Å². The first kappa shape index (κ1) is 20.0. The summed E-state index contributed by atoms with van der Waals surface area (Å²) in [5, 5.41) is 0. The highest BCUT2D eigenvalue weighted by Gasteiger charge is 2.39. The van der Waals surface area contributed by atoms with Crippen LogP contribution in [0.4, 0.5) is 11.5 Å². The first-order valence-electron chi connectivity index (χ1n) is 10.4. The molecule has 1 aliphatic heterocycles. The van der Waals surface area contributed by atoms with Gasteiger partial charge in [0.25, 0.3) is 0 Å². The fraction of sp³-hybridized carbons (Fsp3) is 0.333. The third-order valence-corrected chi connectivity index (χ3v) is 5.83. The summed E-state index contributed by atoms with van der Waals surface area (Å²) in [6.07, 6.45) is 7.36. The number of benzene rings is 1. The van der Waals surface area contributed by atoms with E-state index >= 15 is 0 Å². The van der Waals surface area contributed by atoms with Gasteiger partial charge in [0.2, 0.25) is 0 Å². The van der Waals surface area contributed by atoms with Crippen LogP contribution in [0.25, 0.3) is 22.5 Å². The Kier molecular flexibility index (Phi) is 5.48. The molecule has 6 nitrogen and oxygen atoms in total. The van der Waals surface area contributed by atoms with Crippen LogP contribution in [0.1, 0.15) is 27.2 Å². The Balaban J connectivity index is 1.88. The molecule has 0 bridgehead atoms. The van der Waals surface area contributed by atoms with Crippen molar-refractivity contribution in [3.63, 3.8) is 0 Å². The average Bonchev–Trinajstić information content (AvgIpc) is 2.78. The summed E-state index contributed by atoms with van der Waals surface area (Å²) in [4.78, 5) is 30.2. The maximum Gasteiger partial charge on any atom is 0.162 e. The fourth-order valence-corrected chi connectivity index (χ4v) is 4.36. The number of fused-ring (bicyclic) bond motifs is 1. The van der Waals surface area contributed by atoms with Crippen LogP contribution in [0.15, 0.2) is 55.0 Å². The molecule has 4 rings (SSSR count). The molecular formula is C24H27N5O. The van der Waals surface area contributed by atoms with Crippen LogP contribution >= 0.6 is 0 Å². The molecule has 0 spiro atoms. The van der Waals surface area contributed by atoms with E-state index in [9.17, 15) is 4.79 Å². The lowest BCUT2D eigenvalue weighted by atomic mass is 9.97. The van der Waals surface area contributed by atoms with Gasteiger partial charge in [0.05, 0.1) is 17.9 Å². The van der Waals surface area contributed by atoms with Crippen LogP contribution in [0.3, 0.4) is 0 Å². The van der Waals surface area contributed by atoms with Crippen LogP contribution in [0.5, 0.6) is 0 Å². The van der Waals surface area contributed by atoms with Crippen molar-refractivity contribution in [3.05, 3.63) is 55.0 Å². The second kappa shape index (κ2) is 8.22. The number of hydrogen-bond acceptors (Lipinski definition) is 6. The predicted octanol–water partition coefficient (Wildman–Crippen LogP) is 4.22. The number of aldehydes is 1. The Labute approximate surface area is 177 Å². The highest BCUT2D eigenvalue weighted by molar-refractivity contribution is 5.83. The Morgan fingerprint density at radius 2 is 1.87 bits per heavy atom. The van der Waals surface area contributed by atoms with Gasteiger partial charge in [-0.3, -0.25) is 4.98 Å². The van der Waals surface area contributed by atoms with E-state index in [-0.39, 0.29) is 18.1 Å². The lowest BCUT2D eigenvalue weighted by molar-refractivity contribution is -0.109. The highest BCUT2D eigenvalue weighted by Crippen LogP contribution is 2.39. The van der Waals surface area contributed by atoms with Gasteiger partial charge in [-0.05, 0) is 31.9 Å². The Bertz CT molecular complexity index is 1040. The zero-order valence-electron chi connectivity index (χ0n) is 17.9. The van der Waals surface area contributed by atoms with Crippen LogP contribution in [-0.2, 0) is 4.79 Å². The molecule has 0 saturated heterocycles. The summed E-state index contributed by atoms with van der Waals surface area (Å²) < 4.78 is 0.